The van der Waals surface area contributed by atoms with Gasteiger partial charge in [0.25, 0.3) is 0 Å². The molecule has 0 amide bonds. The second-order valence-electron chi connectivity index (χ2n) is 2.26. The van der Waals surface area contributed by atoms with Crippen molar-refractivity contribution in [2.45, 2.75) is 20.3 Å². The first-order chi connectivity index (χ1) is 5.47. The van der Waals surface area contributed by atoms with Gasteiger partial charge in [0.15, 0.2) is 0 Å². The Hall–Kier alpha value is 0.124. The summed E-state index contributed by atoms with van der Waals surface area (Å²) >= 11 is 0. The van der Waals surface area contributed by atoms with Crippen LogP contribution in [0, 0.1) is 6.07 Å². The molecule has 0 bridgehead atoms. The Morgan fingerprint density at radius 1 is 1.50 bits per heavy atom. The molecule has 1 nitrogen and oxygen atoms in total. The second-order valence-corrected chi connectivity index (χ2v) is 2.26. The zero-order chi connectivity index (χ0) is 8.10. The van der Waals surface area contributed by atoms with Gasteiger partial charge < -0.3 is 5.32 Å². The summed E-state index contributed by atoms with van der Waals surface area (Å²) in [7, 11) is 0. The molecular weight excluding hydrogens is 223 g/mol. The largest absolute Gasteiger partial charge is 0.407 e. The van der Waals surface area contributed by atoms with Gasteiger partial charge in [0.1, 0.15) is 0 Å². The van der Waals surface area contributed by atoms with Gasteiger partial charge >= 0.3 is 0 Å². The fourth-order valence-corrected chi connectivity index (χ4v) is 1.18. The fraction of sp³-hybridized carbons (Fsp3) is 0.400. The van der Waals surface area contributed by atoms with E-state index < -0.39 is 0 Å². The number of nitrogens with one attached hydrogen (secondary N) is 1. The molecule has 0 aromatic heterocycles. The minimum absolute atomic E-state index is 0. The Labute approximate surface area is 101 Å². The van der Waals surface area contributed by atoms with Crippen LogP contribution < -0.4 is 5.32 Å². The predicted octanol–water partition coefficient (Wildman–Crippen LogP) is 2.72. The molecule has 1 radical (unpaired) electrons. The summed E-state index contributed by atoms with van der Waals surface area (Å²) in [5.41, 5.74) is 2.69. The molecule has 2 rings (SSSR count). The molecule has 1 aromatic rings. The molecule has 1 aliphatic heterocycles. The maximum atomic E-state index is 3.28. The van der Waals surface area contributed by atoms with Crippen molar-refractivity contribution < 1.29 is 34.1 Å². The number of fused-ring (bicyclic) bond motifs is 1. The van der Waals surface area contributed by atoms with Gasteiger partial charge in [-0.1, -0.05) is 26.0 Å². The molecule has 65 valence electrons. The smallest absolute Gasteiger partial charge is 0.00619 e. The molecule has 0 aliphatic carbocycles. The molecule has 0 saturated heterocycles. The number of hydrogen-bond acceptors (Lipinski definition) is 1. The van der Waals surface area contributed by atoms with E-state index in [-0.39, 0.29) is 34.1 Å². The molecule has 0 atom stereocenters. The van der Waals surface area contributed by atoms with Crippen molar-refractivity contribution in [3.63, 3.8) is 0 Å². The van der Waals surface area contributed by atoms with Gasteiger partial charge in [-0.05, 0) is 0 Å². The Balaban J connectivity index is 0. The van der Waals surface area contributed by atoms with E-state index in [9.17, 15) is 0 Å². The zero-order valence-electron chi connectivity index (χ0n) is 7.72. The first kappa shape index (κ1) is 12.1. The Morgan fingerprint density at radius 3 is 2.92 bits per heavy atom. The number of hydrogen-bond donors (Lipinski definition) is 1. The van der Waals surface area contributed by atoms with E-state index in [4.69, 9.17) is 0 Å². The average molecular weight is 239 g/mol. The topological polar surface area (TPSA) is 12.0 Å². The van der Waals surface area contributed by atoms with Gasteiger partial charge in [-0.25, -0.2) is 0 Å². The number of benzene rings is 1. The zero-order valence-corrected chi connectivity index (χ0v) is 10.6. The Bertz CT molecular complexity index is 205. The van der Waals surface area contributed by atoms with Crippen LogP contribution in [-0.2, 0) is 39.1 Å². The van der Waals surface area contributed by atoms with Crippen LogP contribution in [0.25, 0.3) is 0 Å². The first-order valence-electron chi connectivity index (χ1n) is 4.20. The molecule has 1 aliphatic rings. The molecular formula is C10H16NY-. The van der Waals surface area contributed by atoms with E-state index >= 15 is 0 Å². The molecule has 0 spiro atoms. The van der Waals surface area contributed by atoms with Crippen LogP contribution in [0.15, 0.2) is 18.2 Å². The monoisotopic (exact) mass is 239 g/mol. The Morgan fingerprint density at radius 2 is 2.25 bits per heavy atom. The predicted molar refractivity (Wildman–Crippen MR) is 50.9 cm³/mol. The summed E-state index contributed by atoms with van der Waals surface area (Å²) in [6.45, 7) is 5.09. The van der Waals surface area contributed by atoms with Gasteiger partial charge in [0, 0.05) is 40.7 Å². The summed E-state index contributed by atoms with van der Waals surface area (Å²) < 4.78 is 0. The van der Waals surface area contributed by atoms with Gasteiger partial charge in [-0.15, -0.1) is 11.6 Å². The summed E-state index contributed by atoms with van der Waals surface area (Å²) in [6, 6.07) is 9.12. The minimum atomic E-state index is 0. The van der Waals surface area contributed by atoms with Crippen molar-refractivity contribution in [2.75, 3.05) is 11.9 Å². The summed E-state index contributed by atoms with van der Waals surface area (Å²) in [6.07, 6.45) is 1.16. The first-order valence-corrected chi connectivity index (χ1v) is 4.20. The van der Waals surface area contributed by atoms with Crippen molar-refractivity contribution in [1.82, 2.24) is 0 Å². The maximum absolute atomic E-state index is 3.28. The van der Waals surface area contributed by atoms with Crippen LogP contribution in [0.1, 0.15) is 20.8 Å². The minimum Gasteiger partial charge on any atom is -0.407 e. The third-order valence-corrected chi connectivity index (χ3v) is 1.66. The van der Waals surface area contributed by atoms with Crippen LogP contribution in [-0.4, -0.2) is 6.54 Å². The van der Waals surface area contributed by atoms with E-state index in [1.54, 1.807) is 0 Å². The maximum Gasteiger partial charge on any atom is 0.00619 e. The van der Waals surface area contributed by atoms with Crippen molar-refractivity contribution in [2.24, 2.45) is 0 Å². The molecule has 12 heavy (non-hydrogen) atoms. The SMILES string of the molecule is CC.[HH].[Y].[c-]1ccc2c(c1)CCN2. The molecule has 0 unspecified atom stereocenters. The molecule has 1 N–H and O–H groups in total. The molecule has 0 fully saturated rings. The van der Waals surface area contributed by atoms with Crippen LogP contribution >= 0.6 is 0 Å². The van der Waals surface area contributed by atoms with Crippen molar-refractivity contribution in [3.8, 4) is 0 Å². The van der Waals surface area contributed by atoms with Crippen LogP contribution in [0.5, 0.6) is 0 Å². The number of rotatable bonds is 0. The fourth-order valence-electron chi connectivity index (χ4n) is 1.18. The second kappa shape index (κ2) is 6.62. The quantitative estimate of drug-likeness (QED) is 0.686. The van der Waals surface area contributed by atoms with Crippen molar-refractivity contribution in [3.05, 3.63) is 29.8 Å². The van der Waals surface area contributed by atoms with Gasteiger partial charge in [0.2, 0.25) is 0 Å². The van der Waals surface area contributed by atoms with E-state index in [1.807, 2.05) is 19.9 Å². The van der Waals surface area contributed by atoms with Gasteiger partial charge in [-0.2, -0.15) is 18.2 Å². The molecule has 0 saturated carbocycles. The van der Waals surface area contributed by atoms with Crippen molar-refractivity contribution in [1.29, 1.82) is 0 Å². The van der Waals surface area contributed by atoms with E-state index in [0.29, 0.717) is 0 Å². The van der Waals surface area contributed by atoms with E-state index in [2.05, 4.69) is 23.5 Å². The third kappa shape index (κ3) is 2.87. The van der Waals surface area contributed by atoms with Crippen LogP contribution in [0.4, 0.5) is 5.69 Å². The summed E-state index contributed by atoms with van der Waals surface area (Å²) in [4.78, 5) is 0. The summed E-state index contributed by atoms with van der Waals surface area (Å²) in [5, 5.41) is 3.28. The third-order valence-electron chi connectivity index (χ3n) is 1.66. The normalized spacial score (nSPS) is 11.5. The van der Waals surface area contributed by atoms with Crippen LogP contribution in [0.3, 0.4) is 0 Å². The average Bonchev–Trinajstić information content (AvgIpc) is 2.55. The summed E-state index contributed by atoms with van der Waals surface area (Å²) in [5.74, 6) is 0. The molecule has 2 heteroatoms. The number of anilines is 1. The Kier molecular flexibility index (Phi) is 6.69. The van der Waals surface area contributed by atoms with Gasteiger partial charge in [-0.3, -0.25) is 0 Å². The van der Waals surface area contributed by atoms with Gasteiger partial charge in [0.05, 0.1) is 0 Å². The molecule has 1 heterocycles. The standard InChI is InChI=1S/C8H8N.C2H6.Y.H2/c1-2-4-8-7(3-1)5-6-9-8;1-2;;/h2-4,9H,5-6H2;1-2H3;;1H/q-1;;;. The van der Waals surface area contributed by atoms with Crippen molar-refractivity contribution >= 4 is 5.69 Å². The van der Waals surface area contributed by atoms with Crippen LogP contribution in [0.2, 0.25) is 0 Å². The van der Waals surface area contributed by atoms with E-state index in [0.717, 1.165) is 13.0 Å². The molecule has 1 aromatic carbocycles. The van der Waals surface area contributed by atoms with E-state index in [1.165, 1.54) is 11.3 Å².